The van der Waals surface area contributed by atoms with Crippen molar-refractivity contribution in [2.75, 3.05) is 21.3 Å². The lowest BCUT2D eigenvalue weighted by Gasteiger charge is -2.15. The lowest BCUT2D eigenvalue weighted by Crippen LogP contribution is -2.32. The van der Waals surface area contributed by atoms with Crippen LogP contribution in [0.15, 0.2) is 124 Å². The normalized spacial score (nSPS) is 12.1. The molecule has 5 aromatic carbocycles. The van der Waals surface area contributed by atoms with Gasteiger partial charge in [-0.05, 0) is 109 Å². The van der Waals surface area contributed by atoms with Gasteiger partial charge in [-0.25, -0.2) is 0 Å². The number of ketones is 2. The average Bonchev–Trinajstić information content (AvgIpc) is 3.25. The van der Waals surface area contributed by atoms with Crippen molar-refractivity contribution in [2.24, 2.45) is 20.5 Å². The molecule has 0 aliphatic carbocycles. The fourth-order valence-electron chi connectivity index (χ4n) is 5.41. The molecular formula is C43H35Cl5N8O6. The van der Waals surface area contributed by atoms with Gasteiger partial charge in [0.1, 0.15) is 11.4 Å². The topological polar surface area (TPSA) is 200 Å². The molecule has 0 aliphatic rings. The van der Waals surface area contributed by atoms with Crippen LogP contribution in [0.2, 0.25) is 10.0 Å². The number of anilines is 4. The number of Topliss-reactive ketones (excluding diaryl/α,β-unsaturated/α-hetero) is 2. The summed E-state index contributed by atoms with van der Waals surface area (Å²) < 4.78 is 0. The van der Waals surface area contributed by atoms with Crippen molar-refractivity contribution in [3.8, 4) is 0 Å². The van der Waals surface area contributed by atoms with Crippen LogP contribution >= 0.6 is 58.0 Å². The van der Waals surface area contributed by atoms with Crippen molar-refractivity contribution in [2.45, 2.75) is 43.6 Å². The molecule has 5 aromatic rings. The Hall–Kier alpha value is -6.03. The highest BCUT2D eigenvalue weighted by atomic mass is 35.5. The molecule has 5 rings (SSSR count). The van der Waals surface area contributed by atoms with Crippen LogP contribution in [0.4, 0.5) is 34.1 Å². The second-order valence-corrected chi connectivity index (χ2v) is 15.0. The highest BCUT2D eigenvalue weighted by Gasteiger charge is 2.26. The van der Waals surface area contributed by atoms with E-state index in [4.69, 9.17) is 58.0 Å². The molecule has 0 saturated heterocycles. The van der Waals surface area contributed by atoms with Gasteiger partial charge in [0.25, 0.3) is 23.6 Å². The van der Waals surface area contributed by atoms with Gasteiger partial charge in [-0.15, -0.1) is 34.8 Å². The third-order valence-electron chi connectivity index (χ3n) is 8.75. The van der Waals surface area contributed by atoms with Gasteiger partial charge in [-0.1, -0.05) is 47.5 Å². The molecule has 0 aromatic heterocycles. The van der Waals surface area contributed by atoms with Gasteiger partial charge in [-0.2, -0.15) is 20.5 Å². The minimum Gasteiger partial charge on any atom is -0.324 e. The van der Waals surface area contributed by atoms with Crippen LogP contribution < -0.4 is 21.3 Å². The number of nitrogens with zero attached hydrogens (tertiary/aromatic N) is 4. The van der Waals surface area contributed by atoms with Crippen LogP contribution in [0.1, 0.15) is 51.3 Å². The van der Waals surface area contributed by atoms with E-state index in [0.29, 0.717) is 28.7 Å². The van der Waals surface area contributed by atoms with Gasteiger partial charge >= 0.3 is 0 Å². The Kier molecular flexibility index (Phi) is 16.8. The van der Waals surface area contributed by atoms with E-state index in [1.165, 1.54) is 54.6 Å². The Balaban J connectivity index is 1.25. The first-order chi connectivity index (χ1) is 29.7. The van der Waals surface area contributed by atoms with E-state index in [-0.39, 0.29) is 49.8 Å². The molecular weight excluding hydrogens is 902 g/mol. The first-order valence-corrected chi connectivity index (χ1v) is 20.7. The number of azo groups is 2. The summed E-state index contributed by atoms with van der Waals surface area (Å²) in [5.74, 6) is -3.42. The van der Waals surface area contributed by atoms with Crippen LogP contribution in [0.5, 0.6) is 0 Å². The molecule has 4 amide bonds. The number of hydrogen-bond acceptors (Lipinski definition) is 10. The molecule has 318 valence electrons. The first kappa shape index (κ1) is 47.0. The second-order valence-electron chi connectivity index (χ2n) is 13.3. The molecule has 0 saturated carbocycles. The summed E-state index contributed by atoms with van der Waals surface area (Å²) >= 11 is 30.5. The van der Waals surface area contributed by atoms with Crippen LogP contribution in [0.3, 0.4) is 0 Å². The van der Waals surface area contributed by atoms with Crippen LogP contribution in [0, 0.1) is 0 Å². The minimum absolute atomic E-state index is 0.0330. The molecule has 62 heavy (non-hydrogen) atoms. The van der Waals surface area contributed by atoms with Crippen molar-refractivity contribution in [1.82, 2.24) is 0 Å². The van der Waals surface area contributed by atoms with Crippen molar-refractivity contribution >= 4 is 127 Å². The Labute approximate surface area is 380 Å². The number of benzene rings is 5. The number of amides is 4. The Bertz CT molecular complexity index is 2570. The molecule has 0 spiro atoms. The average molecular weight is 937 g/mol. The monoisotopic (exact) mass is 934 g/mol. The van der Waals surface area contributed by atoms with Crippen LogP contribution in [0.25, 0.3) is 0 Å². The maximum atomic E-state index is 13.4. The second kappa shape index (κ2) is 22.2. The van der Waals surface area contributed by atoms with E-state index in [1.54, 1.807) is 48.5 Å². The zero-order valence-electron chi connectivity index (χ0n) is 32.7. The van der Waals surface area contributed by atoms with E-state index in [9.17, 15) is 28.8 Å². The summed E-state index contributed by atoms with van der Waals surface area (Å²) in [6.45, 7) is 2.31. The number of carbonyl (C=O) groups is 6. The molecule has 0 radical (unpaired) electrons. The third kappa shape index (κ3) is 12.8. The molecule has 0 heterocycles. The van der Waals surface area contributed by atoms with E-state index in [0.717, 1.165) is 25.0 Å². The maximum absolute atomic E-state index is 13.4. The number of nitrogens with one attached hydrogen (secondary N) is 4. The zero-order chi connectivity index (χ0) is 44.9. The van der Waals surface area contributed by atoms with E-state index < -0.39 is 47.3 Å². The molecule has 19 heteroatoms. The van der Waals surface area contributed by atoms with Crippen LogP contribution in [-0.4, -0.2) is 47.3 Å². The molecule has 0 bridgehead atoms. The summed E-state index contributed by atoms with van der Waals surface area (Å²) in [4.78, 5) is 77.6. The predicted octanol–water partition coefficient (Wildman–Crippen LogP) is 11.1. The molecule has 0 aliphatic heterocycles. The molecule has 2 unspecified atom stereocenters. The summed E-state index contributed by atoms with van der Waals surface area (Å²) in [6.07, 6.45) is 0. The number of rotatable bonds is 17. The van der Waals surface area contributed by atoms with Gasteiger partial charge in [0.2, 0.25) is 12.1 Å². The Morgan fingerprint density at radius 3 is 1.32 bits per heavy atom. The fraction of sp³-hybridized carbons (Fsp3) is 0.163. The first-order valence-electron chi connectivity index (χ1n) is 18.3. The minimum atomic E-state index is -1.62. The Morgan fingerprint density at radius 1 is 0.500 bits per heavy atom. The number of carbonyl (C=O) groups excluding carboxylic acids is 6. The van der Waals surface area contributed by atoms with E-state index in [2.05, 4.69) is 41.7 Å². The van der Waals surface area contributed by atoms with Crippen molar-refractivity contribution in [3.63, 3.8) is 0 Å². The Morgan fingerprint density at radius 2 is 0.919 bits per heavy atom. The smallest absolute Gasteiger partial charge is 0.258 e. The lowest BCUT2D eigenvalue weighted by molar-refractivity contribution is -0.127. The highest BCUT2D eigenvalue weighted by Crippen LogP contribution is 2.30. The van der Waals surface area contributed by atoms with Gasteiger partial charge in [-0.3, -0.25) is 28.8 Å². The number of halogens is 5. The molecule has 0 fully saturated rings. The van der Waals surface area contributed by atoms with Gasteiger partial charge in [0, 0.05) is 51.5 Å². The van der Waals surface area contributed by atoms with Gasteiger partial charge in [0.15, 0.2) is 11.6 Å². The third-order valence-corrected chi connectivity index (χ3v) is 10.3. The summed E-state index contributed by atoms with van der Waals surface area (Å²) in [6, 6.07) is 23.5. The molecule has 2 atom stereocenters. The predicted molar refractivity (Wildman–Crippen MR) is 242 cm³/mol. The summed E-state index contributed by atoms with van der Waals surface area (Å²) in [7, 11) is 0. The molecule has 14 nitrogen and oxygen atoms in total. The van der Waals surface area contributed by atoms with Gasteiger partial charge < -0.3 is 21.3 Å². The van der Waals surface area contributed by atoms with Gasteiger partial charge in [0.05, 0.1) is 10.0 Å². The summed E-state index contributed by atoms with van der Waals surface area (Å²) in [5, 5.41) is 26.9. The zero-order valence-corrected chi connectivity index (χ0v) is 36.5. The van der Waals surface area contributed by atoms with Crippen molar-refractivity contribution < 1.29 is 28.8 Å². The fourth-order valence-corrected chi connectivity index (χ4v) is 6.30. The lowest BCUT2D eigenvalue weighted by atomic mass is 10.1. The summed E-state index contributed by atoms with van der Waals surface area (Å²) in [5.41, 5.74) is 3.98. The van der Waals surface area contributed by atoms with Crippen LogP contribution in [-0.2, 0) is 36.8 Å². The van der Waals surface area contributed by atoms with Crippen molar-refractivity contribution in [1.29, 1.82) is 0 Å². The molecule has 4 N–H and O–H groups in total. The van der Waals surface area contributed by atoms with Crippen molar-refractivity contribution in [3.05, 3.63) is 141 Å². The number of hydrogen-bond donors (Lipinski definition) is 4. The quantitative estimate of drug-likeness (QED) is 0.0406. The SMILES string of the molecule is CC(=O)C(N=Nc1cc(C(=O)Nc2ccc(CCl)cc2)ccc1Cl)C(=O)Nc1ccc(NC(=O)C(N=Nc2cc(C(=O)Nc3ccc(CCl)cc3)ccc2Cl)C(C)=O)c(CCl)c1. The largest absolute Gasteiger partial charge is 0.324 e. The van der Waals surface area contributed by atoms with E-state index in [1.807, 2.05) is 0 Å². The number of alkyl halides is 3. The van der Waals surface area contributed by atoms with E-state index >= 15 is 0 Å². The maximum Gasteiger partial charge on any atom is 0.258 e. The highest BCUT2D eigenvalue weighted by molar-refractivity contribution is 6.33. The standard InChI is InChI=1S/C43H35Cl5N8O6/c1-23(57)38(55-53-36-18-27(7-14-33(36)47)40(59)49-30-9-3-25(20-44)4-10-30)42(61)51-32-13-16-35(29(17-32)22-46)52-43(62)39(24(2)58)56-54-37-19-28(8-15-34(37)48)41(60)50-31-11-5-26(21-45)6-12-31/h3-19,38-39H,20-22H2,1-2H3,(H,49,59)(H,50,60)(H,51,61)(H,52,62).